The van der Waals surface area contributed by atoms with E-state index in [9.17, 15) is 0 Å². The van der Waals surface area contributed by atoms with Crippen LogP contribution in [0.5, 0.6) is 11.5 Å². The van der Waals surface area contributed by atoms with Crippen molar-refractivity contribution in [3.8, 4) is 11.5 Å². The SMILES string of the molecule is NC1CCSCc2c(Br)cc3c(c21)OCCO3. The molecule has 17 heavy (non-hydrogen) atoms. The summed E-state index contributed by atoms with van der Waals surface area (Å²) >= 11 is 5.54. The first kappa shape index (κ1) is 11.7. The Labute approximate surface area is 113 Å². The van der Waals surface area contributed by atoms with Crippen molar-refractivity contribution < 1.29 is 9.47 Å². The fraction of sp³-hybridized carbons (Fsp3) is 0.500. The lowest BCUT2D eigenvalue weighted by Crippen LogP contribution is -2.20. The number of halogens is 1. The highest BCUT2D eigenvalue weighted by atomic mass is 79.9. The van der Waals surface area contributed by atoms with E-state index in [0.29, 0.717) is 13.2 Å². The zero-order valence-electron chi connectivity index (χ0n) is 9.37. The second-order valence-electron chi connectivity index (χ2n) is 4.22. The van der Waals surface area contributed by atoms with Gasteiger partial charge in [-0.1, -0.05) is 15.9 Å². The predicted molar refractivity (Wildman–Crippen MR) is 72.8 cm³/mol. The van der Waals surface area contributed by atoms with Crippen molar-refractivity contribution in [3.05, 3.63) is 21.7 Å². The molecular weight excluding hydrogens is 302 g/mol. The number of hydrogen-bond acceptors (Lipinski definition) is 4. The molecular formula is C12H14BrNO2S. The summed E-state index contributed by atoms with van der Waals surface area (Å²) in [6.45, 7) is 1.23. The summed E-state index contributed by atoms with van der Waals surface area (Å²) in [5.41, 5.74) is 8.68. The van der Waals surface area contributed by atoms with Crippen LogP contribution in [0.15, 0.2) is 10.5 Å². The number of benzene rings is 1. The van der Waals surface area contributed by atoms with Crippen LogP contribution in [-0.2, 0) is 5.75 Å². The van der Waals surface area contributed by atoms with Gasteiger partial charge in [-0.3, -0.25) is 0 Å². The molecule has 2 aliphatic rings. The zero-order chi connectivity index (χ0) is 11.8. The molecule has 0 saturated carbocycles. The average molecular weight is 316 g/mol. The van der Waals surface area contributed by atoms with E-state index >= 15 is 0 Å². The van der Waals surface area contributed by atoms with Crippen molar-refractivity contribution in [1.29, 1.82) is 0 Å². The molecule has 0 spiro atoms. The van der Waals surface area contributed by atoms with Gasteiger partial charge < -0.3 is 15.2 Å². The van der Waals surface area contributed by atoms with Gasteiger partial charge in [0.1, 0.15) is 13.2 Å². The molecule has 2 N–H and O–H groups in total. The Kier molecular flexibility index (Phi) is 3.23. The molecule has 0 bridgehead atoms. The second kappa shape index (κ2) is 4.71. The summed E-state index contributed by atoms with van der Waals surface area (Å²) < 4.78 is 12.5. The van der Waals surface area contributed by atoms with Gasteiger partial charge in [0.15, 0.2) is 11.5 Å². The molecule has 3 rings (SSSR count). The summed E-state index contributed by atoms with van der Waals surface area (Å²) in [5, 5.41) is 0. The first-order chi connectivity index (χ1) is 8.27. The topological polar surface area (TPSA) is 44.5 Å². The molecule has 92 valence electrons. The number of ether oxygens (including phenoxy) is 2. The van der Waals surface area contributed by atoms with Gasteiger partial charge in [0, 0.05) is 21.8 Å². The first-order valence-electron chi connectivity index (χ1n) is 5.71. The highest BCUT2D eigenvalue weighted by molar-refractivity contribution is 9.10. The number of fused-ring (bicyclic) bond motifs is 3. The van der Waals surface area contributed by atoms with Gasteiger partial charge >= 0.3 is 0 Å². The molecule has 0 fully saturated rings. The lowest BCUT2D eigenvalue weighted by Gasteiger charge is -2.25. The van der Waals surface area contributed by atoms with Crippen LogP contribution in [0.2, 0.25) is 0 Å². The smallest absolute Gasteiger partial charge is 0.166 e. The van der Waals surface area contributed by atoms with Crippen LogP contribution in [-0.4, -0.2) is 19.0 Å². The van der Waals surface area contributed by atoms with Gasteiger partial charge in [0.25, 0.3) is 0 Å². The molecule has 1 unspecified atom stereocenters. The zero-order valence-corrected chi connectivity index (χ0v) is 11.8. The Morgan fingerprint density at radius 3 is 3.06 bits per heavy atom. The van der Waals surface area contributed by atoms with E-state index in [1.807, 2.05) is 17.8 Å². The predicted octanol–water partition coefficient (Wildman–Crippen LogP) is 2.86. The Morgan fingerprint density at radius 2 is 2.18 bits per heavy atom. The van der Waals surface area contributed by atoms with Crippen LogP contribution in [0.25, 0.3) is 0 Å². The van der Waals surface area contributed by atoms with Crippen molar-refractivity contribution in [3.63, 3.8) is 0 Å². The third-order valence-corrected chi connectivity index (χ3v) is 4.84. The maximum atomic E-state index is 6.27. The lowest BCUT2D eigenvalue weighted by atomic mass is 9.98. The highest BCUT2D eigenvalue weighted by Gasteiger charge is 2.27. The van der Waals surface area contributed by atoms with Gasteiger partial charge in [-0.05, 0) is 23.8 Å². The molecule has 2 heterocycles. The minimum atomic E-state index is 0.0490. The Bertz CT molecular complexity index is 453. The molecule has 0 saturated heterocycles. The molecule has 5 heteroatoms. The summed E-state index contributed by atoms with van der Waals surface area (Å²) in [5.74, 6) is 3.77. The summed E-state index contributed by atoms with van der Waals surface area (Å²) in [4.78, 5) is 0. The van der Waals surface area contributed by atoms with Gasteiger partial charge in [0.2, 0.25) is 0 Å². The molecule has 1 aromatic rings. The molecule has 0 radical (unpaired) electrons. The normalized spacial score (nSPS) is 22.8. The Hall–Kier alpha value is -0.390. The largest absolute Gasteiger partial charge is 0.486 e. The van der Waals surface area contributed by atoms with E-state index in [1.54, 1.807) is 0 Å². The molecule has 0 amide bonds. The van der Waals surface area contributed by atoms with E-state index in [0.717, 1.165) is 39.5 Å². The van der Waals surface area contributed by atoms with Crippen LogP contribution in [0.1, 0.15) is 23.6 Å². The Balaban J connectivity index is 2.19. The molecule has 0 aromatic heterocycles. The lowest BCUT2D eigenvalue weighted by molar-refractivity contribution is 0.169. The molecule has 1 aromatic carbocycles. The van der Waals surface area contributed by atoms with Gasteiger partial charge in [-0.15, -0.1) is 0 Å². The van der Waals surface area contributed by atoms with Crippen LogP contribution in [0, 0.1) is 0 Å². The quantitative estimate of drug-likeness (QED) is 0.799. The van der Waals surface area contributed by atoms with Crippen LogP contribution in [0.3, 0.4) is 0 Å². The standard InChI is InChI=1S/C12H14BrNO2S/c13-8-5-10-12(16-3-2-15-10)11-7(8)6-17-4-1-9(11)14/h5,9H,1-4,6,14H2. The number of rotatable bonds is 0. The summed E-state index contributed by atoms with van der Waals surface area (Å²) in [6.07, 6.45) is 0.990. The van der Waals surface area contributed by atoms with Crippen LogP contribution >= 0.6 is 27.7 Å². The average Bonchev–Trinajstić information content (AvgIpc) is 2.52. The summed E-state index contributed by atoms with van der Waals surface area (Å²) in [6, 6.07) is 2.05. The number of hydrogen-bond donors (Lipinski definition) is 1. The third kappa shape index (κ3) is 2.04. The van der Waals surface area contributed by atoms with Gasteiger partial charge in [-0.2, -0.15) is 11.8 Å². The molecule has 3 nitrogen and oxygen atoms in total. The number of thioether (sulfide) groups is 1. The fourth-order valence-corrected chi connectivity index (χ4v) is 4.11. The van der Waals surface area contributed by atoms with E-state index in [1.165, 1.54) is 5.56 Å². The van der Waals surface area contributed by atoms with Crippen molar-refractivity contribution in [2.45, 2.75) is 18.2 Å². The van der Waals surface area contributed by atoms with E-state index in [-0.39, 0.29) is 6.04 Å². The fourth-order valence-electron chi connectivity index (χ4n) is 2.29. The molecule has 1 atom stereocenters. The summed E-state index contributed by atoms with van der Waals surface area (Å²) in [7, 11) is 0. The maximum absolute atomic E-state index is 6.27. The van der Waals surface area contributed by atoms with E-state index < -0.39 is 0 Å². The van der Waals surface area contributed by atoms with Crippen molar-refractivity contribution in [1.82, 2.24) is 0 Å². The van der Waals surface area contributed by atoms with E-state index in [4.69, 9.17) is 15.2 Å². The van der Waals surface area contributed by atoms with Gasteiger partial charge in [-0.25, -0.2) is 0 Å². The minimum Gasteiger partial charge on any atom is -0.486 e. The van der Waals surface area contributed by atoms with Crippen LogP contribution < -0.4 is 15.2 Å². The maximum Gasteiger partial charge on any atom is 0.166 e. The molecule has 2 aliphatic heterocycles. The monoisotopic (exact) mass is 315 g/mol. The van der Waals surface area contributed by atoms with Crippen molar-refractivity contribution in [2.75, 3.05) is 19.0 Å². The van der Waals surface area contributed by atoms with Crippen molar-refractivity contribution >= 4 is 27.7 Å². The first-order valence-corrected chi connectivity index (χ1v) is 7.66. The van der Waals surface area contributed by atoms with Crippen LogP contribution in [0.4, 0.5) is 0 Å². The Morgan fingerprint density at radius 1 is 1.35 bits per heavy atom. The van der Waals surface area contributed by atoms with E-state index in [2.05, 4.69) is 15.9 Å². The van der Waals surface area contributed by atoms with Crippen molar-refractivity contribution in [2.24, 2.45) is 5.73 Å². The van der Waals surface area contributed by atoms with Gasteiger partial charge in [0.05, 0.1) is 0 Å². The second-order valence-corrected chi connectivity index (χ2v) is 6.18. The molecule has 0 aliphatic carbocycles. The highest BCUT2D eigenvalue weighted by Crippen LogP contribution is 2.45. The minimum absolute atomic E-state index is 0.0490. The number of nitrogens with two attached hydrogens (primary N) is 1. The third-order valence-electron chi connectivity index (χ3n) is 3.12.